The van der Waals surface area contributed by atoms with Crippen LogP contribution >= 0.6 is 15.9 Å². The van der Waals surface area contributed by atoms with Crippen LogP contribution in [-0.2, 0) is 0 Å². The molecular weight excluding hydrogens is 334 g/mol. The van der Waals surface area contributed by atoms with Crippen LogP contribution < -0.4 is 5.32 Å². The predicted molar refractivity (Wildman–Crippen MR) is 97.4 cm³/mol. The predicted octanol–water partition coefficient (Wildman–Crippen LogP) is 5.69. The molecule has 0 saturated heterocycles. The summed E-state index contributed by atoms with van der Waals surface area (Å²) in [6.07, 6.45) is 0. The van der Waals surface area contributed by atoms with Gasteiger partial charge < -0.3 is 5.32 Å². The molecule has 0 aliphatic heterocycles. The smallest absolute Gasteiger partial charge is 0.0341 e. The van der Waals surface area contributed by atoms with Crippen molar-refractivity contribution in [2.75, 3.05) is 11.9 Å². The zero-order valence-corrected chi connectivity index (χ0v) is 13.8. The van der Waals surface area contributed by atoms with Crippen LogP contribution in [0.5, 0.6) is 0 Å². The van der Waals surface area contributed by atoms with Gasteiger partial charge in [-0.2, -0.15) is 0 Å². The molecular formula is C20H18BrN. The Morgan fingerprint density at radius 1 is 0.682 bits per heavy atom. The quantitative estimate of drug-likeness (QED) is 0.622. The van der Waals surface area contributed by atoms with Gasteiger partial charge in [-0.05, 0) is 35.4 Å². The Hall–Kier alpha value is -2.06. The summed E-state index contributed by atoms with van der Waals surface area (Å²) in [5, 5.41) is 3.55. The molecule has 0 unspecified atom stereocenters. The molecule has 3 aromatic rings. The van der Waals surface area contributed by atoms with E-state index in [0.717, 1.165) is 16.7 Å². The van der Waals surface area contributed by atoms with Crippen molar-refractivity contribution in [3.05, 3.63) is 101 Å². The lowest BCUT2D eigenvalue weighted by atomic mass is 9.91. The van der Waals surface area contributed by atoms with Crippen LogP contribution in [0.2, 0.25) is 0 Å². The Kier molecular flexibility index (Phi) is 4.92. The fraction of sp³-hybridized carbons (Fsp3) is 0.100. The Balaban J connectivity index is 1.81. The van der Waals surface area contributed by atoms with Crippen molar-refractivity contribution in [3.63, 3.8) is 0 Å². The van der Waals surface area contributed by atoms with Gasteiger partial charge >= 0.3 is 0 Å². The summed E-state index contributed by atoms with van der Waals surface area (Å²) >= 11 is 3.47. The third-order valence-corrected chi connectivity index (χ3v) is 4.29. The molecule has 110 valence electrons. The van der Waals surface area contributed by atoms with E-state index in [1.54, 1.807) is 0 Å². The van der Waals surface area contributed by atoms with Crippen molar-refractivity contribution in [1.29, 1.82) is 0 Å². The number of benzene rings is 3. The van der Waals surface area contributed by atoms with E-state index < -0.39 is 0 Å². The number of anilines is 1. The summed E-state index contributed by atoms with van der Waals surface area (Å²) in [6, 6.07) is 29.6. The topological polar surface area (TPSA) is 12.0 Å². The van der Waals surface area contributed by atoms with Gasteiger partial charge in [-0.1, -0.05) is 76.6 Å². The molecule has 0 heterocycles. The molecule has 3 aromatic carbocycles. The van der Waals surface area contributed by atoms with E-state index in [-0.39, 0.29) is 0 Å². The molecule has 0 radical (unpaired) electrons. The second-order valence-corrected chi connectivity index (χ2v) is 6.18. The van der Waals surface area contributed by atoms with Crippen LogP contribution in [0.1, 0.15) is 17.0 Å². The van der Waals surface area contributed by atoms with Gasteiger partial charge in [-0.15, -0.1) is 0 Å². The number of hydrogen-bond acceptors (Lipinski definition) is 1. The van der Waals surface area contributed by atoms with Crippen LogP contribution in [0.3, 0.4) is 0 Å². The van der Waals surface area contributed by atoms with Crippen molar-refractivity contribution < 1.29 is 0 Å². The van der Waals surface area contributed by atoms with Gasteiger partial charge in [0.1, 0.15) is 0 Å². The molecule has 0 atom stereocenters. The average Bonchev–Trinajstić information content (AvgIpc) is 2.59. The Morgan fingerprint density at radius 3 is 1.68 bits per heavy atom. The first kappa shape index (κ1) is 14.9. The van der Waals surface area contributed by atoms with Crippen molar-refractivity contribution >= 4 is 21.6 Å². The van der Waals surface area contributed by atoms with Crippen LogP contribution in [0.25, 0.3) is 0 Å². The lowest BCUT2D eigenvalue weighted by Gasteiger charge is -2.19. The zero-order valence-electron chi connectivity index (χ0n) is 12.2. The molecule has 0 aliphatic rings. The number of nitrogens with one attached hydrogen (secondary N) is 1. The summed E-state index contributed by atoms with van der Waals surface area (Å²) in [4.78, 5) is 0. The highest BCUT2D eigenvalue weighted by atomic mass is 79.9. The maximum atomic E-state index is 3.55. The highest BCUT2D eigenvalue weighted by Crippen LogP contribution is 2.25. The van der Waals surface area contributed by atoms with Crippen molar-refractivity contribution in [2.45, 2.75) is 5.92 Å². The fourth-order valence-corrected chi connectivity index (χ4v) is 2.85. The fourth-order valence-electron chi connectivity index (χ4n) is 2.59. The van der Waals surface area contributed by atoms with E-state index in [9.17, 15) is 0 Å². The molecule has 0 spiro atoms. The minimum absolute atomic E-state index is 0.339. The molecule has 0 aromatic heterocycles. The molecule has 3 rings (SSSR count). The Morgan fingerprint density at radius 2 is 1.18 bits per heavy atom. The third-order valence-electron chi connectivity index (χ3n) is 3.76. The van der Waals surface area contributed by atoms with Gasteiger partial charge in [-0.3, -0.25) is 0 Å². The van der Waals surface area contributed by atoms with Crippen LogP contribution in [0.4, 0.5) is 5.69 Å². The molecule has 0 aliphatic carbocycles. The van der Waals surface area contributed by atoms with Crippen LogP contribution in [0, 0.1) is 0 Å². The number of rotatable bonds is 5. The van der Waals surface area contributed by atoms with Gasteiger partial charge in [-0.25, -0.2) is 0 Å². The van der Waals surface area contributed by atoms with E-state index in [2.05, 4.69) is 106 Å². The zero-order chi connectivity index (χ0) is 15.2. The van der Waals surface area contributed by atoms with Crippen LogP contribution in [-0.4, -0.2) is 6.54 Å². The summed E-state index contributed by atoms with van der Waals surface area (Å²) in [6.45, 7) is 0.871. The average molecular weight is 352 g/mol. The molecule has 0 saturated carbocycles. The van der Waals surface area contributed by atoms with Crippen LogP contribution in [0.15, 0.2) is 89.4 Å². The normalized spacial score (nSPS) is 10.6. The van der Waals surface area contributed by atoms with Gasteiger partial charge in [0.25, 0.3) is 0 Å². The lowest BCUT2D eigenvalue weighted by molar-refractivity contribution is 0.853. The molecule has 0 bridgehead atoms. The number of halogens is 1. The summed E-state index contributed by atoms with van der Waals surface area (Å²) in [5.41, 5.74) is 3.80. The van der Waals surface area contributed by atoms with E-state index in [1.165, 1.54) is 11.1 Å². The monoisotopic (exact) mass is 351 g/mol. The first-order chi connectivity index (χ1) is 10.8. The van der Waals surface area contributed by atoms with Gasteiger partial charge in [0.05, 0.1) is 0 Å². The minimum Gasteiger partial charge on any atom is -0.384 e. The van der Waals surface area contributed by atoms with E-state index in [1.807, 2.05) is 0 Å². The third kappa shape index (κ3) is 3.77. The van der Waals surface area contributed by atoms with Crippen molar-refractivity contribution in [1.82, 2.24) is 0 Å². The molecule has 1 nitrogen and oxygen atoms in total. The lowest BCUT2D eigenvalue weighted by Crippen LogP contribution is -2.14. The second kappa shape index (κ2) is 7.28. The first-order valence-electron chi connectivity index (χ1n) is 7.42. The maximum absolute atomic E-state index is 3.55. The summed E-state index contributed by atoms with van der Waals surface area (Å²) < 4.78 is 1.10. The minimum atomic E-state index is 0.339. The molecule has 1 N–H and O–H groups in total. The largest absolute Gasteiger partial charge is 0.384 e. The van der Waals surface area contributed by atoms with Gasteiger partial charge in [0, 0.05) is 22.6 Å². The molecule has 2 heteroatoms. The van der Waals surface area contributed by atoms with Crippen molar-refractivity contribution in [2.24, 2.45) is 0 Å². The first-order valence-corrected chi connectivity index (χ1v) is 8.21. The second-order valence-electron chi connectivity index (χ2n) is 5.26. The van der Waals surface area contributed by atoms with Crippen molar-refractivity contribution in [3.8, 4) is 0 Å². The van der Waals surface area contributed by atoms with Gasteiger partial charge in [0.15, 0.2) is 0 Å². The summed E-state index contributed by atoms with van der Waals surface area (Å²) in [5.74, 6) is 0.339. The van der Waals surface area contributed by atoms with E-state index >= 15 is 0 Å². The Labute approximate surface area is 140 Å². The maximum Gasteiger partial charge on any atom is 0.0341 e. The highest BCUT2D eigenvalue weighted by Gasteiger charge is 2.13. The number of hydrogen-bond donors (Lipinski definition) is 1. The SMILES string of the molecule is Brc1ccc(NCC(c2ccccc2)c2ccccc2)cc1. The summed E-state index contributed by atoms with van der Waals surface area (Å²) in [7, 11) is 0. The Bertz CT molecular complexity index is 653. The molecule has 0 fully saturated rings. The van der Waals surface area contributed by atoms with E-state index in [0.29, 0.717) is 5.92 Å². The standard InChI is InChI=1S/C20H18BrN/c21-18-11-13-19(14-12-18)22-15-20(16-7-3-1-4-8-16)17-9-5-2-6-10-17/h1-14,20,22H,15H2. The molecule has 22 heavy (non-hydrogen) atoms. The van der Waals surface area contributed by atoms with E-state index in [4.69, 9.17) is 0 Å². The molecule has 0 amide bonds. The highest BCUT2D eigenvalue weighted by molar-refractivity contribution is 9.10. The van der Waals surface area contributed by atoms with Gasteiger partial charge in [0.2, 0.25) is 0 Å².